The van der Waals surface area contributed by atoms with Gasteiger partial charge in [0.15, 0.2) is 0 Å². The first kappa shape index (κ1) is 12.3. The summed E-state index contributed by atoms with van der Waals surface area (Å²) in [6.07, 6.45) is 5.10. The summed E-state index contributed by atoms with van der Waals surface area (Å²) in [4.78, 5) is 0. The molecule has 2 aliphatic rings. The molecule has 1 heterocycles. The van der Waals surface area contributed by atoms with Crippen LogP contribution in [0.1, 0.15) is 63.2 Å². The molecular weight excluding hydrogens is 222 g/mol. The molecule has 1 saturated carbocycles. The molecule has 2 nitrogen and oxygen atoms in total. The van der Waals surface area contributed by atoms with Crippen LogP contribution in [0.15, 0.2) is 10.5 Å². The van der Waals surface area contributed by atoms with Crippen molar-refractivity contribution < 1.29 is 4.42 Å². The van der Waals surface area contributed by atoms with E-state index in [1.54, 1.807) is 0 Å². The van der Waals surface area contributed by atoms with Crippen LogP contribution in [-0.4, -0.2) is 6.04 Å². The summed E-state index contributed by atoms with van der Waals surface area (Å²) < 4.78 is 5.89. The third kappa shape index (κ3) is 2.35. The molecule has 3 rings (SSSR count). The van der Waals surface area contributed by atoms with E-state index in [4.69, 9.17) is 4.42 Å². The summed E-state index contributed by atoms with van der Waals surface area (Å²) in [6, 6.07) is 3.37. The normalized spacial score (nSPS) is 27.9. The van der Waals surface area contributed by atoms with E-state index in [1.807, 2.05) is 0 Å². The standard InChI is InChI=1S/C16H25NO/c1-10-7-13-14(17-11(2)12-5-6-12)8-16(3,4)9-15(13)18-10/h7,11-12,14,17H,5-6,8-9H2,1-4H3. The summed E-state index contributed by atoms with van der Waals surface area (Å²) in [5.74, 6) is 3.18. The minimum atomic E-state index is 0.345. The van der Waals surface area contributed by atoms with Gasteiger partial charge < -0.3 is 9.73 Å². The summed E-state index contributed by atoms with van der Waals surface area (Å²) in [6.45, 7) is 9.10. The Kier molecular flexibility index (Phi) is 2.81. The van der Waals surface area contributed by atoms with Crippen LogP contribution in [0.3, 0.4) is 0 Å². The van der Waals surface area contributed by atoms with E-state index in [0.717, 1.165) is 18.1 Å². The van der Waals surface area contributed by atoms with Crippen LogP contribution in [-0.2, 0) is 6.42 Å². The largest absolute Gasteiger partial charge is 0.466 e. The molecule has 1 aromatic rings. The van der Waals surface area contributed by atoms with Gasteiger partial charge in [-0.1, -0.05) is 13.8 Å². The molecule has 100 valence electrons. The van der Waals surface area contributed by atoms with E-state index in [9.17, 15) is 0 Å². The predicted octanol–water partition coefficient (Wildman–Crippen LogP) is 3.99. The fraction of sp³-hybridized carbons (Fsp3) is 0.750. The van der Waals surface area contributed by atoms with Crippen molar-refractivity contribution in [2.24, 2.45) is 11.3 Å². The first-order valence-corrected chi connectivity index (χ1v) is 7.30. The Hall–Kier alpha value is -0.760. The quantitative estimate of drug-likeness (QED) is 0.873. The Morgan fingerprint density at radius 2 is 2.11 bits per heavy atom. The van der Waals surface area contributed by atoms with Crippen molar-refractivity contribution in [1.82, 2.24) is 5.32 Å². The molecule has 0 bridgehead atoms. The monoisotopic (exact) mass is 247 g/mol. The van der Waals surface area contributed by atoms with Crippen LogP contribution in [0.4, 0.5) is 0 Å². The molecule has 0 aliphatic heterocycles. The second kappa shape index (κ2) is 4.12. The van der Waals surface area contributed by atoms with Crippen LogP contribution in [0.5, 0.6) is 0 Å². The van der Waals surface area contributed by atoms with E-state index < -0.39 is 0 Å². The van der Waals surface area contributed by atoms with Crippen molar-refractivity contribution in [2.45, 2.75) is 65.5 Å². The highest BCUT2D eigenvalue weighted by molar-refractivity contribution is 5.29. The lowest BCUT2D eigenvalue weighted by Crippen LogP contribution is -2.38. The highest BCUT2D eigenvalue weighted by Crippen LogP contribution is 2.43. The Labute approximate surface area is 110 Å². The number of nitrogens with one attached hydrogen (secondary N) is 1. The van der Waals surface area contributed by atoms with Gasteiger partial charge >= 0.3 is 0 Å². The third-order valence-corrected chi connectivity index (χ3v) is 4.53. The van der Waals surface area contributed by atoms with Crippen LogP contribution in [0.25, 0.3) is 0 Å². The first-order valence-electron chi connectivity index (χ1n) is 7.30. The second-order valence-corrected chi connectivity index (χ2v) is 7.13. The molecule has 2 atom stereocenters. The molecule has 18 heavy (non-hydrogen) atoms. The summed E-state index contributed by atoms with van der Waals surface area (Å²) in [7, 11) is 0. The van der Waals surface area contributed by atoms with E-state index in [-0.39, 0.29) is 0 Å². The maximum Gasteiger partial charge on any atom is 0.109 e. The van der Waals surface area contributed by atoms with E-state index in [0.29, 0.717) is 17.5 Å². The molecule has 0 spiro atoms. The number of furan rings is 1. The van der Waals surface area contributed by atoms with E-state index in [1.165, 1.54) is 30.6 Å². The number of hydrogen-bond donors (Lipinski definition) is 1. The molecule has 0 radical (unpaired) electrons. The molecule has 0 aromatic carbocycles. The van der Waals surface area contributed by atoms with Crippen molar-refractivity contribution in [2.75, 3.05) is 0 Å². The molecule has 2 unspecified atom stereocenters. The van der Waals surface area contributed by atoms with Crippen LogP contribution >= 0.6 is 0 Å². The van der Waals surface area contributed by atoms with Crippen molar-refractivity contribution in [3.05, 3.63) is 23.2 Å². The third-order valence-electron chi connectivity index (χ3n) is 4.53. The summed E-state index contributed by atoms with van der Waals surface area (Å²) in [5, 5.41) is 3.85. The molecular formula is C16H25NO. The molecule has 1 N–H and O–H groups in total. The van der Waals surface area contributed by atoms with Crippen LogP contribution in [0, 0.1) is 18.3 Å². The molecule has 2 aliphatic carbocycles. The molecule has 1 fully saturated rings. The summed E-state index contributed by atoms with van der Waals surface area (Å²) >= 11 is 0. The zero-order valence-corrected chi connectivity index (χ0v) is 12.0. The van der Waals surface area contributed by atoms with Gasteiger partial charge in [0, 0.05) is 24.1 Å². The number of rotatable bonds is 3. The fourth-order valence-electron chi connectivity index (χ4n) is 3.38. The van der Waals surface area contributed by atoms with Gasteiger partial charge in [0.2, 0.25) is 0 Å². The topological polar surface area (TPSA) is 25.2 Å². The van der Waals surface area contributed by atoms with Gasteiger partial charge in [0.1, 0.15) is 11.5 Å². The van der Waals surface area contributed by atoms with Crippen LogP contribution < -0.4 is 5.32 Å². The molecule has 2 heteroatoms. The van der Waals surface area contributed by atoms with E-state index >= 15 is 0 Å². The lowest BCUT2D eigenvalue weighted by molar-refractivity contribution is 0.223. The maximum atomic E-state index is 5.89. The Balaban J connectivity index is 1.83. The van der Waals surface area contributed by atoms with Gasteiger partial charge in [0.05, 0.1) is 0 Å². The maximum absolute atomic E-state index is 5.89. The SMILES string of the molecule is Cc1cc2c(o1)CC(C)(C)CC2NC(C)C1CC1. The second-order valence-electron chi connectivity index (χ2n) is 7.13. The number of fused-ring (bicyclic) bond motifs is 1. The van der Waals surface area contributed by atoms with Gasteiger partial charge in [-0.3, -0.25) is 0 Å². The zero-order valence-electron chi connectivity index (χ0n) is 12.0. The lowest BCUT2D eigenvalue weighted by Gasteiger charge is -2.36. The number of hydrogen-bond acceptors (Lipinski definition) is 2. The van der Waals surface area contributed by atoms with Gasteiger partial charge in [-0.05, 0) is 50.5 Å². The van der Waals surface area contributed by atoms with Gasteiger partial charge in [-0.25, -0.2) is 0 Å². The highest BCUT2D eigenvalue weighted by atomic mass is 16.3. The minimum Gasteiger partial charge on any atom is -0.466 e. The first-order chi connectivity index (χ1) is 8.44. The van der Waals surface area contributed by atoms with Crippen molar-refractivity contribution in [3.63, 3.8) is 0 Å². The van der Waals surface area contributed by atoms with Gasteiger partial charge in [-0.2, -0.15) is 0 Å². The predicted molar refractivity (Wildman–Crippen MR) is 73.6 cm³/mol. The molecule has 0 amide bonds. The van der Waals surface area contributed by atoms with Crippen LogP contribution in [0.2, 0.25) is 0 Å². The zero-order chi connectivity index (χ0) is 12.9. The smallest absolute Gasteiger partial charge is 0.109 e. The molecule has 1 aromatic heterocycles. The number of aryl methyl sites for hydroxylation is 1. The molecule has 0 saturated heterocycles. The average molecular weight is 247 g/mol. The Bertz CT molecular complexity index is 442. The Morgan fingerprint density at radius 1 is 1.39 bits per heavy atom. The minimum absolute atomic E-state index is 0.345. The Morgan fingerprint density at radius 3 is 2.78 bits per heavy atom. The van der Waals surface area contributed by atoms with E-state index in [2.05, 4.69) is 39.1 Å². The van der Waals surface area contributed by atoms with Gasteiger partial charge in [-0.15, -0.1) is 0 Å². The van der Waals surface area contributed by atoms with Crippen molar-refractivity contribution in [1.29, 1.82) is 0 Å². The highest BCUT2D eigenvalue weighted by Gasteiger charge is 2.37. The lowest BCUT2D eigenvalue weighted by atomic mass is 9.74. The van der Waals surface area contributed by atoms with Crippen molar-refractivity contribution >= 4 is 0 Å². The van der Waals surface area contributed by atoms with Crippen molar-refractivity contribution in [3.8, 4) is 0 Å². The fourth-order valence-corrected chi connectivity index (χ4v) is 3.38. The summed E-state index contributed by atoms with van der Waals surface area (Å²) in [5.41, 5.74) is 1.76. The average Bonchev–Trinajstić information content (AvgIpc) is 3.01. The van der Waals surface area contributed by atoms with Gasteiger partial charge in [0.25, 0.3) is 0 Å².